The molecule has 1 atom stereocenters. The van der Waals surface area contributed by atoms with E-state index in [0.717, 1.165) is 30.2 Å². The van der Waals surface area contributed by atoms with Gasteiger partial charge in [0.25, 0.3) is 0 Å². The minimum Gasteiger partial charge on any atom is -0.490 e. The maximum absolute atomic E-state index is 13.6. The molecule has 0 fully saturated rings. The molecule has 0 aliphatic heterocycles. The fourth-order valence-electron chi connectivity index (χ4n) is 2.17. The van der Waals surface area contributed by atoms with E-state index in [-0.39, 0.29) is 5.82 Å². The number of nitrogens with zero attached hydrogens (tertiary/aromatic N) is 1. The Morgan fingerprint density at radius 2 is 2.05 bits per heavy atom. The van der Waals surface area contributed by atoms with Gasteiger partial charge in [0.2, 0.25) is 0 Å². The lowest BCUT2D eigenvalue weighted by molar-refractivity contribution is 0.228. The zero-order chi connectivity index (χ0) is 15.7. The molecule has 0 aromatic heterocycles. The average Bonchev–Trinajstić information content (AvgIpc) is 2.47. The van der Waals surface area contributed by atoms with Crippen LogP contribution in [0.25, 0.3) is 0 Å². The van der Waals surface area contributed by atoms with Crippen LogP contribution in [0, 0.1) is 12.7 Å². The Kier molecular flexibility index (Phi) is 8.77. The van der Waals surface area contributed by atoms with Gasteiger partial charge >= 0.3 is 0 Å². The number of aryl methyl sites for hydroxylation is 1. The fourth-order valence-corrected chi connectivity index (χ4v) is 2.93. The first-order chi connectivity index (χ1) is 10.1. The molecule has 0 aliphatic rings. The summed E-state index contributed by atoms with van der Waals surface area (Å²) in [6.45, 7) is 11.3. The van der Waals surface area contributed by atoms with Gasteiger partial charge in [0.1, 0.15) is 0 Å². The summed E-state index contributed by atoms with van der Waals surface area (Å²) >= 11 is 1.86. The Bertz CT molecular complexity index is 414. The number of hydrogen-bond acceptors (Lipinski definition) is 3. The maximum Gasteiger partial charge on any atom is 0.165 e. The average molecular weight is 313 g/mol. The van der Waals surface area contributed by atoms with Gasteiger partial charge in [-0.1, -0.05) is 19.9 Å². The molecule has 0 saturated carbocycles. The van der Waals surface area contributed by atoms with Crippen LogP contribution in [0.15, 0.2) is 18.2 Å². The third-order valence-electron chi connectivity index (χ3n) is 3.72. The van der Waals surface area contributed by atoms with Gasteiger partial charge in [-0.25, -0.2) is 4.39 Å². The van der Waals surface area contributed by atoms with Crippen molar-refractivity contribution in [3.05, 3.63) is 29.6 Å². The summed E-state index contributed by atoms with van der Waals surface area (Å²) in [6, 6.07) is 5.73. The molecule has 0 bridgehead atoms. The normalized spacial score (nSPS) is 12.7. The highest BCUT2D eigenvalue weighted by Gasteiger charge is 2.09. The van der Waals surface area contributed by atoms with Crippen LogP contribution in [0.1, 0.15) is 32.8 Å². The second-order valence-electron chi connectivity index (χ2n) is 5.28. The summed E-state index contributed by atoms with van der Waals surface area (Å²) in [7, 11) is 0. The minimum absolute atomic E-state index is 0.270. The first kappa shape index (κ1) is 18.3. The molecule has 1 aromatic carbocycles. The third kappa shape index (κ3) is 6.70. The maximum atomic E-state index is 13.6. The number of ether oxygens (including phenoxy) is 1. The molecule has 21 heavy (non-hydrogen) atoms. The van der Waals surface area contributed by atoms with Crippen molar-refractivity contribution in [1.82, 2.24) is 4.90 Å². The highest BCUT2D eigenvalue weighted by molar-refractivity contribution is 7.99. The standard InChI is InChI=1S/C17H28FNOS/c1-5-15(4)19(6-2)9-11-21-12-10-20-17-8-7-14(3)13-16(17)18/h7-8,13,15H,5-6,9-12H2,1-4H3. The Hall–Kier alpha value is -0.740. The summed E-state index contributed by atoms with van der Waals surface area (Å²) < 4.78 is 19.1. The van der Waals surface area contributed by atoms with Gasteiger partial charge in [-0.05, 0) is 44.5 Å². The predicted molar refractivity (Wildman–Crippen MR) is 91.0 cm³/mol. The van der Waals surface area contributed by atoms with Gasteiger partial charge in [-0.2, -0.15) is 11.8 Å². The molecule has 1 aromatic rings. The second-order valence-corrected chi connectivity index (χ2v) is 6.51. The van der Waals surface area contributed by atoms with E-state index in [9.17, 15) is 4.39 Å². The molecule has 0 heterocycles. The number of rotatable bonds is 10. The Labute approximate surface area is 133 Å². The van der Waals surface area contributed by atoms with E-state index >= 15 is 0 Å². The number of benzene rings is 1. The van der Waals surface area contributed by atoms with Crippen molar-refractivity contribution in [3.8, 4) is 5.75 Å². The Morgan fingerprint density at radius 1 is 1.29 bits per heavy atom. The molecule has 0 N–H and O–H groups in total. The van der Waals surface area contributed by atoms with E-state index in [4.69, 9.17) is 4.74 Å². The summed E-state index contributed by atoms with van der Waals surface area (Å²) in [6.07, 6.45) is 1.19. The molecule has 0 radical (unpaired) electrons. The van der Waals surface area contributed by atoms with Crippen molar-refractivity contribution < 1.29 is 9.13 Å². The molecule has 0 saturated heterocycles. The summed E-state index contributed by atoms with van der Waals surface area (Å²) in [5.74, 6) is 2.08. The molecule has 0 aliphatic carbocycles. The second kappa shape index (κ2) is 10.1. The van der Waals surface area contributed by atoms with Gasteiger partial charge in [-0.15, -0.1) is 0 Å². The van der Waals surface area contributed by atoms with Crippen molar-refractivity contribution in [1.29, 1.82) is 0 Å². The van der Waals surface area contributed by atoms with Crippen LogP contribution in [-0.2, 0) is 0 Å². The quantitative estimate of drug-likeness (QED) is 0.595. The summed E-state index contributed by atoms with van der Waals surface area (Å²) in [4.78, 5) is 2.49. The van der Waals surface area contributed by atoms with Gasteiger partial charge in [0.15, 0.2) is 11.6 Å². The first-order valence-corrected chi connectivity index (χ1v) is 8.94. The molecule has 120 valence electrons. The first-order valence-electron chi connectivity index (χ1n) is 7.79. The highest BCUT2D eigenvalue weighted by atomic mass is 32.2. The lowest BCUT2D eigenvalue weighted by atomic mass is 10.2. The molecule has 1 unspecified atom stereocenters. The van der Waals surface area contributed by atoms with Crippen molar-refractivity contribution in [2.75, 3.05) is 31.2 Å². The summed E-state index contributed by atoms with van der Waals surface area (Å²) in [5, 5.41) is 0. The molecule has 0 spiro atoms. The number of thioether (sulfide) groups is 1. The molecule has 4 heteroatoms. The van der Waals surface area contributed by atoms with E-state index in [1.165, 1.54) is 12.5 Å². The monoisotopic (exact) mass is 313 g/mol. The van der Waals surface area contributed by atoms with Crippen molar-refractivity contribution >= 4 is 11.8 Å². The molecular formula is C17H28FNOS. The summed E-state index contributed by atoms with van der Waals surface area (Å²) in [5.41, 5.74) is 0.916. The van der Waals surface area contributed by atoms with Gasteiger partial charge in [-0.3, -0.25) is 0 Å². The van der Waals surface area contributed by atoms with E-state index in [2.05, 4.69) is 25.7 Å². The predicted octanol–water partition coefficient (Wildman–Crippen LogP) is 4.37. The lowest BCUT2D eigenvalue weighted by Crippen LogP contribution is -2.34. The Balaban J connectivity index is 2.17. The Morgan fingerprint density at radius 3 is 2.67 bits per heavy atom. The molecular weight excluding hydrogens is 285 g/mol. The van der Waals surface area contributed by atoms with Gasteiger partial charge < -0.3 is 9.64 Å². The molecule has 2 nitrogen and oxygen atoms in total. The lowest BCUT2D eigenvalue weighted by Gasteiger charge is -2.26. The number of hydrogen-bond donors (Lipinski definition) is 0. The van der Waals surface area contributed by atoms with Crippen LogP contribution < -0.4 is 4.74 Å². The van der Waals surface area contributed by atoms with Crippen LogP contribution >= 0.6 is 11.8 Å². The van der Waals surface area contributed by atoms with E-state index in [0.29, 0.717) is 18.4 Å². The molecule has 1 rings (SSSR count). The minimum atomic E-state index is -0.270. The van der Waals surface area contributed by atoms with Crippen molar-refractivity contribution in [2.45, 2.75) is 40.2 Å². The topological polar surface area (TPSA) is 12.5 Å². The third-order valence-corrected chi connectivity index (χ3v) is 4.64. The van der Waals surface area contributed by atoms with Crippen LogP contribution in [-0.4, -0.2) is 42.1 Å². The van der Waals surface area contributed by atoms with Crippen LogP contribution in [0.2, 0.25) is 0 Å². The SMILES string of the molecule is CCC(C)N(CC)CCSCCOc1ccc(C)cc1F. The molecule has 0 amide bonds. The highest BCUT2D eigenvalue weighted by Crippen LogP contribution is 2.18. The van der Waals surface area contributed by atoms with Gasteiger partial charge in [0, 0.05) is 24.1 Å². The smallest absolute Gasteiger partial charge is 0.165 e. The zero-order valence-electron chi connectivity index (χ0n) is 13.7. The van der Waals surface area contributed by atoms with Crippen LogP contribution in [0.5, 0.6) is 5.75 Å². The fraction of sp³-hybridized carbons (Fsp3) is 0.647. The van der Waals surface area contributed by atoms with E-state index in [1.54, 1.807) is 6.07 Å². The van der Waals surface area contributed by atoms with Crippen LogP contribution in [0.3, 0.4) is 0 Å². The van der Waals surface area contributed by atoms with Crippen LogP contribution in [0.4, 0.5) is 4.39 Å². The number of halogens is 1. The van der Waals surface area contributed by atoms with Gasteiger partial charge in [0.05, 0.1) is 6.61 Å². The van der Waals surface area contributed by atoms with E-state index < -0.39 is 0 Å². The zero-order valence-corrected chi connectivity index (χ0v) is 14.5. The van der Waals surface area contributed by atoms with Crippen molar-refractivity contribution in [3.63, 3.8) is 0 Å². The van der Waals surface area contributed by atoms with Crippen molar-refractivity contribution in [2.24, 2.45) is 0 Å². The van der Waals surface area contributed by atoms with E-state index in [1.807, 2.05) is 24.8 Å². The largest absolute Gasteiger partial charge is 0.490 e.